The summed E-state index contributed by atoms with van der Waals surface area (Å²) in [6.07, 6.45) is 1.41. The third-order valence-electron chi connectivity index (χ3n) is 5.25. The third kappa shape index (κ3) is 3.68. The summed E-state index contributed by atoms with van der Waals surface area (Å²) >= 11 is 6.26. The van der Waals surface area contributed by atoms with Gasteiger partial charge in [0, 0.05) is 17.8 Å². The zero-order valence-corrected chi connectivity index (χ0v) is 18.0. The molecule has 0 spiro atoms. The van der Waals surface area contributed by atoms with Gasteiger partial charge in [0.05, 0.1) is 10.7 Å². The van der Waals surface area contributed by atoms with Crippen LogP contribution >= 0.6 is 11.6 Å². The van der Waals surface area contributed by atoms with Gasteiger partial charge in [-0.05, 0) is 54.3 Å². The minimum Gasteiger partial charge on any atom is -0.322 e. The maximum absolute atomic E-state index is 13.4. The van der Waals surface area contributed by atoms with Gasteiger partial charge in [-0.25, -0.2) is 8.42 Å². The summed E-state index contributed by atoms with van der Waals surface area (Å²) in [4.78, 5) is 12.8. The van der Waals surface area contributed by atoms with Crippen molar-refractivity contribution in [3.05, 3.63) is 88.4 Å². The Kier molecular flexibility index (Phi) is 5.54. The van der Waals surface area contributed by atoms with Crippen molar-refractivity contribution in [3.8, 4) is 0 Å². The van der Waals surface area contributed by atoms with E-state index in [0.717, 1.165) is 17.5 Å². The Morgan fingerprint density at radius 1 is 1.07 bits per heavy atom. The summed E-state index contributed by atoms with van der Waals surface area (Å²) in [5.41, 5.74) is 3.57. The van der Waals surface area contributed by atoms with Crippen molar-refractivity contribution in [1.29, 1.82) is 0 Å². The molecule has 0 aliphatic carbocycles. The number of fused-ring (bicyclic) bond motifs is 1. The molecular weight excluding hydrogens is 420 g/mol. The molecule has 0 unspecified atom stereocenters. The number of para-hydroxylation sites is 2. The van der Waals surface area contributed by atoms with Crippen LogP contribution in [0.1, 0.15) is 28.4 Å². The van der Waals surface area contributed by atoms with Crippen molar-refractivity contribution >= 4 is 38.9 Å². The average molecular weight is 441 g/mol. The number of carbonyl (C=O) groups is 1. The van der Waals surface area contributed by atoms with Crippen LogP contribution in [0, 0.1) is 0 Å². The smallest absolute Gasteiger partial charge is 0.265 e. The van der Waals surface area contributed by atoms with Gasteiger partial charge in [-0.2, -0.15) is 0 Å². The van der Waals surface area contributed by atoms with Crippen LogP contribution in [0.2, 0.25) is 5.02 Å². The molecule has 1 N–H and O–H groups in total. The van der Waals surface area contributed by atoms with Crippen LogP contribution in [0.25, 0.3) is 0 Å². The molecule has 0 radical (unpaired) electrons. The van der Waals surface area contributed by atoms with E-state index in [1.165, 1.54) is 22.5 Å². The summed E-state index contributed by atoms with van der Waals surface area (Å²) in [6.45, 7) is 2.35. The molecule has 0 bridgehead atoms. The number of amides is 1. The fourth-order valence-electron chi connectivity index (χ4n) is 3.66. The fraction of sp³-hybridized carbons (Fsp3) is 0.174. The van der Waals surface area contributed by atoms with E-state index in [4.69, 9.17) is 11.6 Å². The second-order valence-corrected chi connectivity index (χ2v) is 9.30. The first kappa shape index (κ1) is 20.4. The molecule has 1 aliphatic rings. The van der Waals surface area contributed by atoms with E-state index in [1.807, 2.05) is 49.4 Å². The fourth-order valence-corrected chi connectivity index (χ4v) is 5.67. The maximum Gasteiger partial charge on any atom is 0.265 e. The number of carbonyl (C=O) groups excluding carboxylic acids is 1. The highest BCUT2D eigenvalue weighted by atomic mass is 35.5. The van der Waals surface area contributed by atoms with Gasteiger partial charge in [-0.15, -0.1) is 0 Å². The minimum absolute atomic E-state index is 0.0719. The Balaban J connectivity index is 1.68. The quantitative estimate of drug-likeness (QED) is 0.613. The minimum atomic E-state index is -3.90. The van der Waals surface area contributed by atoms with Crippen LogP contribution in [0.5, 0.6) is 0 Å². The van der Waals surface area contributed by atoms with E-state index in [9.17, 15) is 13.2 Å². The third-order valence-corrected chi connectivity index (χ3v) is 7.55. The number of anilines is 2. The Labute approximate surface area is 181 Å². The van der Waals surface area contributed by atoms with Crippen LogP contribution in [-0.2, 0) is 22.9 Å². The molecule has 0 fully saturated rings. The van der Waals surface area contributed by atoms with Crippen LogP contribution in [0.4, 0.5) is 11.4 Å². The molecule has 3 aromatic rings. The molecule has 5 nitrogen and oxygen atoms in total. The predicted octanol–water partition coefficient (Wildman–Crippen LogP) is 4.91. The molecule has 1 amide bonds. The van der Waals surface area contributed by atoms with Gasteiger partial charge in [0.25, 0.3) is 15.9 Å². The molecule has 3 aromatic carbocycles. The zero-order chi connectivity index (χ0) is 21.3. The van der Waals surface area contributed by atoms with Crippen molar-refractivity contribution in [3.63, 3.8) is 0 Å². The van der Waals surface area contributed by atoms with Gasteiger partial charge in [-0.3, -0.25) is 9.10 Å². The Morgan fingerprint density at radius 2 is 1.80 bits per heavy atom. The molecule has 4 rings (SSSR count). The highest BCUT2D eigenvalue weighted by Crippen LogP contribution is 2.35. The lowest BCUT2D eigenvalue weighted by molar-refractivity contribution is 0.102. The van der Waals surface area contributed by atoms with Crippen LogP contribution in [0.15, 0.2) is 71.6 Å². The number of halogens is 1. The summed E-state index contributed by atoms with van der Waals surface area (Å²) < 4.78 is 28.1. The number of nitrogens with one attached hydrogen (secondary N) is 1. The van der Waals surface area contributed by atoms with Gasteiger partial charge < -0.3 is 5.32 Å². The van der Waals surface area contributed by atoms with Gasteiger partial charge in [-0.1, -0.05) is 54.9 Å². The molecule has 7 heteroatoms. The van der Waals surface area contributed by atoms with E-state index >= 15 is 0 Å². The zero-order valence-electron chi connectivity index (χ0n) is 16.4. The maximum atomic E-state index is 13.4. The van der Waals surface area contributed by atoms with Crippen molar-refractivity contribution in [2.24, 2.45) is 0 Å². The first-order valence-electron chi connectivity index (χ1n) is 9.71. The molecule has 1 aliphatic heterocycles. The SMILES string of the molecule is CCc1ccccc1NC(=O)c1ccc(Cl)c(S(=O)(=O)N2CCc3ccccc32)c1. The molecule has 0 saturated carbocycles. The van der Waals surface area contributed by atoms with Gasteiger partial charge >= 0.3 is 0 Å². The topological polar surface area (TPSA) is 66.5 Å². The molecule has 0 aromatic heterocycles. The number of sulfonamides is 1. The summed E-state index contributed by atoms with van der Waals surface area (Å²) in [7, 11) is -3.90. The van der Waals surface area contributed by atoms with E-state index in [2.05, 4.69) is 5.32 Å². The normalized spacial score (nSPS) is 13.2. The number of nitrogens with zero attached hydrogens (tertiary/aromatic N) is 1. The Bertz CT molecular complexity index is 1220. The Morgan fingerprint density at radius 3 is 2.60 bits per heavy atom. The standard InChI is InChI=1S/C23H21ClN2O3S/c1-2-16-7-3-5-9-20(16)25-23(27)18-11-12-19(24)22(15-18)30(28,29)26-14-13-17-8-4-6-10-21(17)26/h3-12,15H,2,13-14H2,1H3,(H,25,27). The van der Waals surface area contributed by atoms with E-state index < -0.39 is 10.0 Å². The summed E-state index contributed by atoms with van der Waals surface area (Å²) in [5, 5.41) is 2.96. The summed E-state index contributed by atoms with van der Waals surface area (Å²) in [5.74, 6) is -0.383. The van der Waals surface area contributed by atoms with Crippen molar-refractivity contribution < 1.29 is 13.2 Å². The number of aryl methyl sites for hydroxylation is 1. The van der Waals surface area contributed by atoms with Crippen LogP contribution in [0.3, 0.4) is 0 Å². The molecule has 154 valence electrons. The van der Waals surface area contributed by atoms with E-state index in [-0.39, 0.29) is 21.4 Å². The van der Waals surface area contributed by atoms with Gasteiger partial charge in [0.15, 0.2) is 0 Å². The number of hydrogen-bond donors (Lipinski definition) is 1. The van der Waals surface area contributed by atoms with Crippen LogP contribution < -0.4 is 9.62 Å². The molecule has 30 heavy (non-hydrogen) atoms. The molecule has 1 heterocycles. The second-order valence-electron chi connectivity index (χ2n) is 7.07. The first-order valence-corrected chi connectivity index (χ1v) is 11.5. The first-order chi connectivity index (χ1) is 14.4. The largest absolute Gasteiger partial charge is 0.322 e. The second kappa shape index (κ2) is 8.13. The molecular formula is C23H21ClN2O3S. The van der Waals surface area contributed by atoms with Crippen LogP contribution in [-0.4, -0.2) is 20.9 Å². The lowest BCUT2D eigenvalue weighted by Crippen LogP contribution is -2.29. The predicted molar refractivity (Wildman–Crippen MR) is 120 cm³/mol. The molecule has 0 atom stereocenters. The Hall–Kier alpha value is -2.83. The average Bonchev–Trinajstić information content (AvgIpc) is 3.19. The van der Waals surface area contributed by atoms with Crippen molar-refractivity contribution in [1.82, 2.24) is 0 Å². The van der Waals surface area contributed by atoms with Gasteiger partial charge in [0.2, 0.25) is 0 Å². The monoisotopic (exact) mass is 440 g/mol. The van der Waals surface area contributed by atoms with Crippen molar-refractivity contribution in [2.45, 2.75) is 24.7 Å². The van der Waals surface area contributed by atoms with Gasteiger partial charge in [0.1, 0.15) is 4.90 Å². The number of rotatable bonds is 5. The van der Waals surface area contributed by atoms with Crippen molar-refractivity contribution in [2.75, 3.05) is 16.2 Å². The number of hydrogen-bond acceptors (Lipinski definition) is 3. The van der Waals surface area contributed by atoms with E-state index in [1.54, 1.807) is 6.07 Å². The highest BCUT2D eigenvalue weighted by Gasteiger charge is 2.32. The van der Waals surface area contributed by atoms with E-state index in [0.29, 0.717) is 24.3 Å². The lowest BCUT2D eigenvalue weighted by Gasteiger charge is -2.20. The molecule has 0 saturated heterocycles. The number of benzene rings is 3. The summed E-state index contributed by atoms with van der Waals surface area (Å²) in [6, 6.07) is 19.3. The highest BCUT2D eigenvalue weighted by molar-refractivity contribution is 7.93. The lowest BCUT2D eigenvalue weighted by atomic mass is 10.1.